The summed E-state index contributed by atoms with van der Waals surface area (Å²) in [7, 11) is 1.58. The van der Waals surface area contributed by atoms with Crippen LogP contribution in [0.2, 0.25) is 0 Å². The largest absolute Gasteiger partial charge is 0.496 e. The molecule has 0 fully saturated rings. The van der Waals surface area contributed by atoms with E-state index in [1.54, 1.807) is 37.4 Å². The Bertz CT molecular complexity index is 502. The molecule has 1 aromatic heterocycles. The SMILES string of the molecule is COc1csc(C(=O)c2ccc(N)cc2)c1. The van der Waals surface area contributed by atoms with Gasteiger partial charge in [0.1, 0.15) is 5.75 Å². The molecule has 2 aromatic rings. The van der Waals surface area contributed by atoms with Gasteiger partial charge in [0.15, 0.2) is 0 Å². The van der Waals surface area contributed by atoms with Crippen molar-refractivity contribution in [2.45, 2.75) is 0 Å². The van der Waals surface area contributed by atoms with Crippen LogP contribution in [0.5, 0.6) is 5.75 Å². The second-order valence-corrected chi connectivity index (χ2v) is 4.21. The van der Waals surface area contributed by atoms with Crippen molar-refractivity contribution in [2.24, 2.45) is 0 Å². The molecule has 0 aliphatic rings. The molecule has 0 radical (unpaired) electrons. The molecule has 0 amide bonds. The van der Waals surface area contributed by atoms with Gasteiger partial charge in [-0.25, -0.2) is 0 Å². The number of ketones is 1. The van der Waals surface area contributed by atoms with Gasteiger partial charge in [0.25, 0.3) is 0 Å². The Labute approximate surface area is 97.5 Å². The summed E-state index contributed by atoms with van der Waals surface area (Å²) in [5.74, 6) is 0.706. The van der Waals surface area contributed by atoms with E-state index in [2.05, 4.69) is 0 Å². The van der Waals surface area contributed by atoms with Crippen LogP contribution in [0.25, 0.3) is 0 Å². The van der Waals surface area contributed by atoms with Crippen molar-refractivity contribution < 1.29 is 9.53 Å². The van der Waals surface area contributed by atoms with E-state index in [9.17, 15) is 4.79 Å². The van der Waals surface area contributed by atoms with Crippen LogP contribution in [0.3, 0.4) is 0 Å². The number of carbonyl (C=O) groups is 1. The number of benzene rings is 1. The number of nitrogen functional groups attached to an aromatic ring is 1. The number of carbonyl (C=O) groups excluding carboxylic acids is 1. The van der Waals surface area contributed by atoms with Crippen LogP contribution >= 0.6 is 11.3 Å². The Morgan fingerprint density at radius 1 is 1.31 bits per heavy atom. The summed E-state index contributed by atoms with van der Waals surface area (Å²) in [6.07, 6.45) is 0. The zero-order valence-electron chi connectivity index (χ0n) is 8.77. The first-order chi connectivity index (χ1) is 7.70. The molecule has 0 spiro atoms. The lowest BCUT2D eigenvalue weighted by Crippen LogP contribution is -1.98. The predicted octanol–water partition coefficient (Wildman–Crippen LogP) is 2.57. The summed E-state index contributed by atoms with van der Waals surface area (Å²) in [4.78, 5) is 12.7. The molecule has 0 aliphatic heterocycles. The van der Waals surface area contributed by atoms with Gasteiger partial charge in [0, 0.05) is 22.7 Å². The van der Waals surface area contributed by atoms with Crippen LogP contribution in [0.4, 0.5) is 5.69 Å². The first-order valence-electron chi connectivity index (χ1n) is 4.73. The number of thiophene rings is 1. The number of rotatable bonds is 3. The third-order valence-electron chi connectivity index (χ3n) is 2.21. The van der Waals surface area contributed by atoms with E-state index in [0.29, 0.717) is 21.9 Å². The summed E-state index contributed by atoms with van der Waals surface area (Å²) in [5, 5.41) is 1.81. The molecular weight excluding hydrogens is 222 g/mol. The molecule has 0 atom stereocenters. The van der Waals surface area contributed by atoms with E-state index >= 15 is 0 Å². The van der Waals surface area contributed by atoms with Gasteiger partial charge in [-0.3, -0.25) is 4.79 Å². The molecule has 2 N–H and O–H groups in total. The highest BCUT2D eigenvalue weighted by atomic mass is 32.1. The maximum Gasteiger partial charge on any atom is 0.203 e. The topological polar surface area (TPSA) is 52.3 Å². The number of ether oxygens (including phenoxy) is 1. The van der Waals surface area contributed by atoms with Crippen LogP contribution in [0.1, 0.15) is 15.2 Å². The molecule has 0 saturated heterocycles. The van der Waals surface area contributed by atoms with Gasteiger partial charge in [-0.05, 0) is 24.3 Å². The van der Waals surface area contributed by atoms with Crippen molar-refractivity contribution in [3.05, 3.63) is 46.2 Å². The number of hydrogen-bond acceptors (Lipinski definition) is 4. The lowest BCUT2D eigenvalue weighted by atomic mass is 10.1. The zero-order chi connectivity index (χ0) is 11.5. The fraction of sp³-hybridized carbons (Fsp3) is 0.0833. The minimum Gasteiger partial charge on any atom is -0.496 e. The summed E-state index contributed by atoms with van der Waals surface area (Å²) >= 11 is 1.38. The number of hydrogen-bond donors (Lipinski definition) is 1. The smallest absolute Gasteiger partial charge is 0.203 e. The van der Waals surface area contributed by atoms with Gasteiger partial charge in [-0.2, -0.15) is 0 Å². The Morgan fingerprint density at radius 2 is 2.00 bits per heavy atom. The number of nitrogens with two attached hydrogens (primary N) is 1. The van der Waals surface area contributed by atoms with Crippen molar-refractivity contribution in [1.29, 1.82) is 0 Å². The summed E-state index contributed by atoms with van der Waals surface area (Å²) in [6.45, 7) is 0. The van der Waals surface area contributed by atoms with Gasteiger partial charge < -0.3 is 10.5 Å². The highest BCUT2D eigenvalue weighted by molar-refractivity contribution is 7.12. The monoisotopic (exact) mass is 233 g/mol. The summed E-state index contributed by atoms with van der Waals surface area (Å²) in [5.41, 5.74) is 6.85. The first kappa shape index (κ1) is 10.7. The molecule has 2 rings (SSSR count). The Kier molecular flexibility index (Phi) is 2.92. The fourth-order valence-corrected chi connectivity index (χ4v) is 2.14. The molecule has 0 saturated carbocycles. The summed E-state index contributed by atoms with van der Waals surface area (Å²) in [6, 6.07) is 8.63. The van der Waals surface area contributed by atoms with Crippen LogP contribution in [-0.2, 0) is 0 Å². The fourth-order valence-electron chi connectivity index (χ4n) is 1.32. The zero-order valence-corrected chi connectivity index (χ0v) is 9.58. The Hall–Kier alpha value is -1.81. The van der Waals surface area contributed by atoms with Crippen molar-refractivity contribution in [3.63, 3.8) is 0 Å². The normalized spacial score (nSPS) is 10.1. The average molecular weight is 233 g/mol. The van der Waals surface area contributed by atoms with Crippen LogP contribution < -0.4 is 10.5 Å². The van der Waals surface area contributed by atoms with E-state index < -0.39 is 0 Å². The van der Waals surface area contributed by atoms with E-state index in [4.69, 9.17) is 10.5 Å². The third-order valence-corrected chi connectivity index (χ3v) is 3.12. The second kappa shape index (κ2) is 4.37. The molecule has 0 unspecified atom stereocenters. The molecule has 3 nitrogen and oxygen atoms in total. The quantitative estimate of drug-likeness (QED) is 0.654. The van der Waals surface area contributed by atoms with Gasteiger partial charge >= 0.3 is 0 Å². The molecular formula is C12H11NO2S. The van der Waals surface area contributed by atoms with Crippen LogP contribution in [0.15, 0.2) is 35.7 Å². The van der Waals surface area contributed by atoms with E-state index in [-0.39, 0.29) is 5.78 Å². The number of methoxy groups -OCH3 is 1. The van der Waals surface area contributed by atoms with Crippen molar-refractivity contribution >= 4 is 22.8 Å². The van der Waals surface area contributed by atoms with E-state index in [1.807, 2.05) is 5.38 Å². The van der Waals surface area contributed by atoms with Gasteiger partial charge in [-0.1, -0.05) is 0 Å². The number of anilines is 1. The highest BCUT2D eigenvalue weighted by Gasteiger charge is 2.11. The average Bonchev–Trinajstić information content (AvgIpc) is 2.77. The van der Waals surface area contributed by atoms with E-state index in [0.717, 1.165) is 0 Å². The standard InChI is InChI=1S/C12H11NO2S/c1-15-10-6-11(16-7-10)12(14)8-2-4-9(13)5-3-8/h2-7H,13H2,1H3. The molecule has 82 valence electrons. The predicted molar refractivity (Wildman–Crippen MR) is 65.2 cm³/mol. The second-order valence-electron chi connectivity index (χ2n) is 3.30. The minimum atomic E-state index is -0.00620. The van der Waals surface area contributed by atoms with Gasteiger partial charge in [0.2, 0.25) is 5.78 Å². The minimum absolute atomic E-state index is 0.00620. The molecule has 0 bridgehead atoms. The van der Waals surface area contributed by atoms with Crippen LogP contribution in [0, 0.1) is 0 Å². The Morgan fingerprint density at radius 3 is 2.56 bits per heavy atom. The van der Waals surface area contributed by atoms with Gasteiger partial charge in [-0.15, -0.1) is 11.3 Å². The maximum absolute atomic E-state index is 12.0. The van der Waals surface area contributed by atoms with Crippen molar-refractivity contribution in [3.8, 4) is 5.75 Å². The molecule has 1 heterocycles. The van der Waals surface area contributed by atoms with Crippen molar-refractivity contribution in [1.82, 2.24) is 0 Å². The lowest BCUT2D eigenvalue weighted by molar-refractivity contribution is 0.104. The summed E-state index contributed by atoms with van der Waals surface area (Å²) < 4.78 is 5.04. The third kappa shape index (κ3) is 2.06. The van der Waals surface area contributed by atoms with Crippen molar-refractivity contribution in [2.75, 3.05) is 12.8 Å². The molecule has 16 heavy (non-hydrogen) atoms. The Balaban J connectivity index is 2.28. The van der Waals surface area contributed by atoms with E-state index in [1.165, 1.54) is 11.3 Å². The molecule has 1 aromatic carbocycles. The molecule has 4 heteroatoms. The first-order valence-corrected chi connectivity index (χ1v) is 5.61. The molecule has 0 aliphatic carbocycles. The lowest BCUT2D eigenvalue weighted by Gasteiger charge is -1.98. The maximum atomic E-state index is 12.0. The van der Waals surface area contributed by atoms with Gasteiger partial charge in [0.05, 0.1) is 12.0 Å². The van der Waals surface area contributed by atoms with Crippen LogP contribution in [-0.4, -0.2) is 12.9 Å². The highest BCUT2D eigenvalue weighted by Crippen LogP contribution is 2.23.